The Morgan fingerprint density at radius 3 is 2.50 bits per heavy atom. The average Bonchev–Trinajstić information content (AvgIpc) is 3.43. The summed E-state index contributed by atoms with van der Waals surface area (Å²) in [7, 11) is 3.87. The molecule has 0 N–H and O–H groups in total. The molecule has 4 rings (SSSR count). The summed E-state index contributed by atoms with van der Waals surface area (Å²) in [4.78, 5) is 2.33. The first kappa shape index (κ1) is 15.7. The number of hydrogen-bond donors (Lipinski definition) is 0. The van der Waals surface area contributed by atoms with E-state index in [1.165, 1.54) is 35.1 Å². The van der Waals surface area contributed by atoms with Gasteiger partial charge in [-0.05, 0) is 60.2 Å². The Bertz CT molecular complexity index is 706. The largest absolute Gasteiger partial charge is 0.497 e. The third kappa shape index (κ3) is 3.19. The Hall–Kier alpha value is -1.84. The highest BCUT2D eigenvalue weighted by molar-refractivity contribution is 5.42. The van der Waals surface area contributed by atoms with E-state index in [9.17, 15) is 0 Å². The molecule has 3 heteroatoms. The van der Waals surface area contributed by atoms with Crippen molar-refractivity contribution in [2.24, 2.45) is 0 Å². The van der Waals surface area contributed by atoms with Crippen LogP contribution in [-0.4, -0.2) is 32.2 Å². The molecule has 0 spiro atoms. The molecule has 1 aliphatic heterocycles. The first-order valence-electron chi connectivity index (χ1n) is 8.81. The highest BCUT2D eigenvalue weighted by Gasteiger charge is 2.27. The van der Waals surface area contributed by atoms with Gasteiger partial charge in [-0.3, -0.25) is 4.90 Å². The molecule has 1 fully saturated rings. The lowest BCUT2D eigenvalue weighted by Gasteiger charge is -2.29. The molecule has 0 bridgehead atoms. The monoisotopic (exact) mass is 323 g/mol. The summed E-state index contributed by atoms with van der Waals surface area (Å²) in [5.74, 6) is 1.64. The number of hydrogen-bond acceptors (Lipinski definition) is 3. The van der Waals surface area contributed by atoms with E-state index in [1.807, 2.05) is 12.1 Å². The molecule has 0 aromatic heterocycles. The van der Waals surface area contributed by atoms with Crippen molar-refractivity contribution in [1.82, 2.24) is 4.90 Å². The third-order valence-corrected chi connectivity index (χ3v) is 5.12. The lowest BCUT2D eigenvalue weighted by atomic mass is 9.92. The SMILES string of the molecule is COc1ccc(C2OCCN(C)Cc3ccc(C4CC4)cc32)cc1. The predicted molar refractivity (Wildman–Crippen MR) is 95.5 cm³/mol. The number of benzene rings is 2. The van der Waals surface area contributed by atoms with Gasteiger partial charge in [0.1, 0.15) is 11.9 Å². The summed E-state index contributed by atoms with van der Waals surface area (Å²) in [6.07, 6.45) is 2.66. The summed E-state index contributed by atoms with van der Waals surface area (Å²) in [5.41, 5.74) is 5.38. The van der Waals surface area contributed by atoms with Crippen LogP contribution in [0.4, 0.5) is 0 Å². The van der Waals surface area contributed by atoms with Crippen molar-refractivity contribution in [2.75, 3.05) is 27.3 Å². The van der Waals surface area contributed by atoms with Gasteiger partial charge in [0.25, 0.3) is 0 Å². The number of rotatable bonds is 3. The Balaban J connectivity index is 1.75. The molecule has 2 aromatic rings. The highest BCUT2D eigenvalue weighted by atomic mass is 16.5. The number of ether oxygens (including phenoxy) is 2. The Morgan fingerprint density at radius 1 is 1.04 bits per heavy atom. The molecule has 24 heavy (non-hydrogen) atoms. The van der Waals surface area contributed by atoms with E-state index in [-0.39, 0.29) is 6.10 Å². The molecule has 2 aliphatic rings. The maximum Gasteiger partial charge on any atom is 0.118 e. The maximum atomic E-state index is 6.31. The highest BCUT2D eigenvalue weighted by Crippen LogP contribution is 2.42. The number of likely N-dealkylation sites (N-methyl/N-ethyl adjacent to an activating group) is 1. The molecule has 2 aromatic carbocycles. The van der Waals surface area contributed by atoms with Crippen LogP contribution in [0.25, 0.3) is 0 Å². The van der Waals surface area contributed by atoms with Crippen molar-refractivity contribution in [3.8, 4) is 5.75 Å². The van der Waals surface area contributed by atoms with Crippen LogP contribution in [-0.2, 0) is 11.3 Å². The van der Waals surface area contributed by atoms with Gasteiger partial charge in [-0.1, -0.05) is 30.3 Å². The van der Waals surface area contributed by atoms with Gasteiger partial charge in [-0.25, -0.2) is 0 Å². The lowest BCUT2D eigenvalue weighted by molar-refractivity contribution is 0.0553. The lowest BCUT2D eigenvalue weighted by Crippen LogP contribution is -2.28. The first-order valence-corrected chi connectivity index (χ1v) is 8.81. The molecule has 3 nitrogen and oxygen atoms in total. The summed E-state index contributed by atoms with van der Waals surface area (Å²) in [6, 6.07) is 15.3. The summed E-state index contributed by atoms with van der Waals surface area (Å²) >= 11 is 0. The first-order chi connectivity index (χ1) is 11.7. The van der Waals surface area contributed by atoms with Crippen molar-refractivity contribution >= 4 is 0 Å². The second-order valence-electron chi connectivity index (χ2n) is 6.99. The van der Waals surface area contributed by atoms with E-state index in [1.54, 1.807) is 7.11 Å². The van der Waals surface area contributed by atoms with Crippen LogP contribution in [0.15, 0.2) is 42.5 Å². The van der Waals surface area contributed by atoms with Crippen molar-refractivity contribution < 1.29 is 9.47 Å². The zero-order valence-corrected chi connectivity index (χ0v) is 14.5. The molecule has 0 radical (unpaired) electrons. The molecule has 1 atom stereocenters. The second kappa shape index (κ2) is 6.58. The van der Waals surface area contributed by atoms with Crippen LogP contribution in [0.1, 0.15) is 47.1 Å². The minimum atomic E-state index is 0.0123. The Labute approximate surface area is 144 Å². The van der Waals surface area contributed by atoms with Crippen molar-refractivity contribution in [3.63, 3.8) is 0 Å². The van der Waals surface area contributed by atoms with Crippen LogP contribution in [0.2, 0.25) is 0 Å². The normalized spacial score (nSPS) is 21.7. The van der Waals surface area contributed by atoms with Crippen molar-refractivity contribution in [1.29, 1.82) is 0 Å². The fourth-order valence-electron chi connectivity index (χ4n) is 3.51. The van der Waals surface area contributed by atoms with Gasteiger partial charge >= 0.3 is 0 Å². The van der Waals surface area contributed by atoms with E-state index in [4.69, 9.17) is 9.47 Å². The minimum absolute atomic E-state index is 0.0123. The topological polar surface area (TPSA) is 21.7 Å². The van der Waals surface area contributed by atoms with Crippen LogP contribution >= 0.6 is 0 Å². The zero-order chi connectivity index (χ0) is 16.5. The Morgan fingerprint density at radius 2 is 1.79 bits per heavy atom. The third-order valence-electron chi connectivity index (χ3n) is 5.12. The predicted octanol–water partition coefficient (Wildman–Crippen LogP) is 4.12. The molecule has 0 amide bonds. The van der Waals surface area contributed by atoms with Crippen LogP contribution in [0, 0.1) is 0 Å². The number of methoxy groups -OCH3 is 1. The van der Waals surface area contributed by atoms with Gasteiger partial charge < -0.3 is 9.47 Å². The van der Waals surface area contributed by atoms with E-state index in [0.717, 1.165) is 31.4 Å². The van der Waals surface area contributed by atoms with E-state index in [2.05, 4.69) is 42.3 Å². The van der Waals surface area contributed by atoms with Crippen LogP contribution < -0.4 is 4.74 Å². The molecule has 1 saturated carbocycles. The Kier molecular flexibility index (Phi) is 4.30. The van der Waals surface area contributed by atoms with Gasteiger partial charge in [0.2, 0.25) is 0 Å². The van der Waals surface area contributed by atoms with Crippen molar-refractivity contribution in [3.05, 3.63) is 64.7 Å². The van der Waals surface area contributed by atoms with Gasteiger partial charge in [0, 0.05) is 13.1 Å². The van der Waals surface area contributed by atoms with Crippen LogP contribution in [0.5, 0.6) is 5.75 Å². The molecule has 0 saturated heterocycles. The second-order valence-corrected chi connectivity index (χ2v) is 6.99. The van der Waals surface area contributed by atoms with Gasteiger partial charge in [0.15, 0.2) is 0 Å². The quantitative estimate of drug-likeness (QED) is 0.848. The summed E-state index contributed by atoms with van der Waals surface area (Å²) < 4.78 is 11.6. The van der Waals surface area contributed by atoms with Gasteiger partial charge in [-0.15, -0.1) is 0 Å². The smallest absolute Gasteiger partial charge is 0.118 e. The number of nitrogens with zero attached hydrogens (tertiary/aromatic N) is 1. The zero-order valence-electron chi connectivity index (χ0n) is 14.5. The minimum Gasteiger partial charge on any atom is -0.497 e. The molecule has 1 aliphatic carbocycles. The molecular weight excluding hydrogens is 298 g/mol. The van der Waals surface area contributed by atoms with Crippen LogP contribution in [0.3, 0.4) is 0 Å². The molecule has 126 valence electrons. The van der Waals surface area contributed by atoms with E-state index >= 15 is 0 Å². The standard InChI is InChI=1S/C21H25NO2/c1-22-11-12-24-21(16-7-9-19(23-2)10-8-16)20-13-17(15-3-4-15)5-6-18(20)14-22/h5-10,13,15,21H,3-4,11-12,14H2,1-2H3. The molecular formula is C21H25NO2. The fraction of sp³-hybridized carbons (Fsp3) is 0.429. The molecule has 1 heterocycles. The summed E-state index contributed by atoms with van der Waals surface area (Å²) in [6.45, 7) is 2.69. The number of fused-ring (bicyclic) bond motifs is 1. The van der Waals surface area contributed by atoms with E-state index in [0.29, 0.717) is 0 Å². The molecule has 1 unspecified atom stereocenters. The van der Waals surface area contributed by atoms with Gasteiger partial charge in [0.05, 0.1) is 13.7 Å². The van der Waals surface area contributed by atoms with Crippen molar-refractivity contribution in [2.45, 2.75) is 31.4 Å². The summed E-state index contributed by atoms with van der Waals surface area (Å²) in [5, 5.41) is 0. The van der Waals surface area contributed by atoms with Gasteiger partial charge in [-0.2, -0.15) is 0 Å². The van der Waals surface area contributed by atoms with E-state index < -0.39 is 0 Å². The fourth-order valence-corrected chi connectivity index (χ4v) is 3.51. The maximum absolute atomic E-state index is 6.31. The average molecular weight is 323 g/mol.